The third kappa shape index (κ3) is 4.76. The van der Waals surface area contributed by atoms with Gasteiger partial charge in [0.2, 0.25) is 0 Å². The smallest absolute Gasteiger partial charge is 0.170 e. The maximum atomic E-state index is 6.34. The predicted octanol–water partition coefficient (Wildman–Crippen LogP) is 6.02. The minimum absolute atomic E-state index is 0.444. The highest BCUT2D eigenvalue weighted by Gasteiger charge is 2.34. The molecule has 1 saturated heterocycles. The highest BCUT2D eigenvalue weighted by molar-refractivity contribution is 5.48. The van der Waals surface area contributed by atoms with E-state index in [4.69, 9.17) is 9.47 Å². The molecule has 1 atom stereocenters. The van der Waals surface area contributed by atoms with Gasteiger partial charge in [0.05, 0.1) is 0 Å². The Morgan fingerprint density at radius 3 is 1.94 bits per heavy atom. The summed E-state index contributed by atoms with van der Waals surface area (Å²) in [6.07, 6.45) is 3.97. The third-order valence-corrected chi connectivity index (χ3v) is 6.39. The van der Waals surface area contributed by atoms with Crippen LogP contribution < -0.4 is 14.8 Å². The second kappa shape index (κ2) is 9.54. The Bertz CT molecular complexity index is 967. The monoisotopic (exact) mass is 414 g/mol. The van der Waals surface area contributed by atoms with E-state index in [1.54, 1.807) is 0 Å². The summed E-state index contributed by atoms with van der Waals surface area (Å²) in [5, 5.41) is 3.49. The van der Waals surface area contributed by atoms with E-state index in [0.29, 0.717) is 6.04 Å². The van der Waals surface area contributed by atoms with Crippen LogP contribution in [-0.2, 0) is 0 Å². The lowest BCUT2D eigenvalue weighted by molar-refractivity contribution is 0.0835. The molecule has 1 saturated carbocycles. The number of benzene rings is 3. The summed E-state index contributed by atoms with van der Waals surface area (Å²) in [7, 11) is 0. The molecular weight excluding hydrogens is 384 g/mol. The van der Waals surface area contributed by atoms with Crippen LogP contribution in [0, 0.1) is 5.92 Å². The lowest BCUT2D eigenvalue weighted by atomic mass is 9.76. The fourth-order valence-corrected chi connectivity index (χ4v) is 4.60. The minimum atomic E-state index is 0.444. The van der Waals surface area contributed by atoms with E-state index >= 15 is 0 Å². The fourth-order valence-electron chi connectivity index (χ4n) is 4.60. The van der Waals surface area contributed by atoms with Crippen molar-refractivity contribution >= 4 is 0 Å². The zero-order valence-corrected chi connectivity index (χ0v) is 17.9. The first kappa shape index (κ1) is 20.1. The Morgan fingerprint density at radius 1 is 0.742 bits per heavy atom. The summed E-state index contributed by atoms with van der Waals surface area (Å²) in [6.45, 7) is 4.31. The highest BCUT2D eigenvalue weighted by atomic mass is 16.5. The number of nitrogens with one attached hydrogen (secondary N) is 1. The second-order valence-corrected chi connectivity index (χ2v) is 8.46. The molecule has 31 heavy (non-hydrogen) atoms. The van der Waals surface area contributed by atoms with E-state index in [0.717, 1.165) is 55.1 Å². The van der Waals surface area contributed by atoms with Crippen LogP contribution >= 0.6 is 0 Å². The van der Waals surface area contributed by atoms with Gasteiger partial charge in [0.25, 0.3) is 0 Å². The van der Waals surface area contributed by atoms with Crippen LogP contribution in [0.15, 0.2) is 78.9 Å². The molecule has 160 valence electrons. The van der Waals surface area contributed by atoms with Crippen molar-refractivity contribution in [3.05, 3.63) is 84.4 Å². The zero-order chi connectivity index (χ0) is 20.9. The van der Waals surface area contributed by atoms with Gasteiger partial charge in [0, 0.05) is 32.2 Å². The average molecular weight is 415 g/mol. The molecule has 2 fully saturated rings. The summed E-state index contributed by atoms with van der Waals surface area (Å²) in [4.78, 5) is 2.65. The molecule has 3 aromatic carbocycles. The molecule has 1 aliphatic heterocycles. The van der Waals surface area contributed by atoms with Crippen molar-refractivity contribution < 1.29 is 9.47 Å². The van der Waals surface area contributed by atoms with Gasteiger partial charge in [-0.3, -0.25) is 4.90 Å². The molecule has 2 aliphatic rings. The quantitative estimate of drug-likeness (QED) is 0.513. The summed E-state index contributed by atoms with van der Waals surface area (Å²) in [6, 6.07) is 26.8. The van der Waals surface area contributed by atoms with Crippen molar-refractivity contribution in [2.75, 3.05) is 26.2 Å². The number of hydrogen-bond donors (Lipinski definition) is 1. The van der Waals surface area contributed by atoms with Gasteiger partial charge in [-0.15, -0.1) is 0 Å². The maximum absolute atomic E-state index is 6.34. The van der Waals surface area contributed by atoms with Crippen LogP contribution in [0.2, 0.25) is 0 Å². The molecule has 1 heterocycles. The molecular formula is C27H30N2O2. The van der Waals surface area contributed by atoms with Crippen molar-refractivity contribution in [1.82, 2.24) is 10.2 Å². The Labute approximate surface area is 184 Å². The molecule has 0 spiro atoms. The normalized spacial score (nSPS) is 18.2. The first-order valence-corrected chi connectivity index (χ1v) is 11.4. The molecule has 4 nitrogen and oxygen atoms in total. The number of hydrogen-bond acceptors (Lipinski definition) is 4. The predicted molar refractivity (Wildman–Crippen MR) is 124 cm³/mol. The van der Waals surface area contributed by atoms with Gasteiger partial charge in [-0.1, -0.05) is 48.9 Å². The maximum Gasteiger partial charge on any atom is 0.170 e. The van der Waals surface area contributed by atoms with Gasteiger partial charge in [0.1, 0.15) is 11.5 Å². The van der Waals surface area contributed by atoms with Gasteiger partial charge in [-0.25, -0.2) is 0 Å². The summed E-state index contributed by atoms with van der Waals surface area (Å²) in [5.41, 5.74) is 1.33. The Morgan fingerprint density at radius 2 is 1.35 bits per heavy atom. The first-order chi connectivity index (χ1) is 15.4. The number of piperazine rings is 1. The fraction of sp³-hybridized carbons (Fsp3) is 0.333. The molecule has 3 aromatic rings. The van der Waals surface area contributed by atoms with Gasteiger partial charge >= 0.3 is 0 Å². The van der Waals surface area contributed by atoms with Crippen molar-refractivity contribution in [3.63, 3.8) is 0 Å². The molecule has 0 bridgehead atoms. The molecule has 1 aliphatic carbocycles. The van der Waals surface area contributed by atoms with Crippen molar-refractivity contribution in [3.8, 4) is 23.0 Å². The van der Waals surface area contributed by atoms with E-state index < -0.39 is 0 Å². The van der Waals surface area contributed by atoms with Crippen molar-refractivity contribution in [2.24, 2.45) is 5.92 Å². The van der Waals surface area contributed by atoms with E-state index in [9.17, 15) is 0 Å². The molecule has 0 amide bonds. The molecule has 0 radical (unpaired) electrons. The Hall–Kier alpha value is -2.82. The lowest BCUT2D eigenvalue weighted by Gasteiger charge is -2.43. The zero-order valence-electron chi connectivity index (χ0n) is 17.9. The van der Waals surface area contributed by atoms with Gasteiger partial charge < -0.3 is 14.8 Å². The summed E-state index contributed by atoms with van der Waals surface area (Å²) in [5.74, 6) is 3.87. The van der Waals surface area contributed by atoms with E-state index in [2.05, 4.69) is 28.4 Å². The SMILES string of the molecule is c1ccc(Oc2ccc([C@H](C3CCC3)N3CCNCC3)cc2Oc2ccccc2)cc1. The van der Waals surface area contributed by atoms with Crippen LogP contribution in [0.4, 0.5) is 0 Å². The second-order valence-electron chi connectivity index (χ2n) is 8.46. The number of rotatable bonds is 7. The minimum Gasteiger partial charge on any atom is -0.453 e. The third-order valence-electron chi connectivity index (χ3n) is 6.39. The van der Waals surface area contributed by atoms with Gasteiger partial charge in [-0.2, -0.15) is 0 Å². The van der Waals surface area contributed by atoms with Crippen LogP contribution in [0.5, 0.6) is 23.0 Å². The molecule has 0 aromatic heterocycles. The van der Waals surface area contributed by atoms with E-state index in [1.807, 2.05) is 60.7 Å². The van der Waals surface area contributed by atoms with Crippen LogP contribution in [-0.4, -0.2) is 31.1 Å². The molecule has 5 rings (SSSR count). The Kier molecular flexibility index (Phi) is 6.19. The largest absolute Gasteiger partial charge is 0.453 e. The van der Waals surface area contributed by atoms with Crippen LogP contribution in [0.3, 0.4) is 0 Å². The topological polar surface area (TPSA) is 33.7 Å². The molecule has 0 unspecified atom stereocenters. The first-order valence-electron chi connectivity index (χ1n) is 11.4. The van der Waals surface area contributed by atoms with Crippen LogP contribution in [0.1, 0.15) is 30.9 Å². The van der Waals surface area contributed by atoms with Crippen molar-refractivity contribution in [2.45, 2.75) is 25.3 Å². The van der Waals surface area contributed by atoms with Crippen molar-refractivity contribution in [1.29, 1.82) is 0 Å². The standard InChI is InChI=1S/C27H30N2O2/c1-3-10-23(11-4-1)30-25-15-14-22(20-26(25)31-24-12-5-2-6-13-24)27(21-8-7-9-21)29-18-16-28-17-19-29/h1-6,10-15,20-21,27-28H,7-9,16-19H2/t27-/m0/s1. The molecule has 4 heteroatoms. The van der Waals surface area contributed by atoms with E-state index in [1.165, 1.54) is 24.8 Å². The number of para-hydroxylation sites is 2. The highest BCUT2D eigenvalue weighted by Crippen LogP contribution is 2.44. The van der Waals surface area contributed by atoms with Gasteiger partial charge in [-0.05, 0) is 60.7 Å². The summed E-state index contributed by atoms with van der Waals surface area (Å²) >= 11 is 0. The van der Waals surface area contributed by atoms with Gasteiger partial charge in [0.15, 0.2) is 11.5 Å². The average Bonchev–Trinajstić information content (AvgIpc) is 2.79. The van der Waals surface area contributed by atoms with Crippen LogP contribution in [0.25, 0.3) is 0 Å². The Balaban J connectivity index is 1.49. The molecule has 1 N–H and O–H groups in total. The lowest BCUT2D eigenvalue weighted by Crippen LogP contribution is -2.47. The number of nitrogens with zero attached hydrogens (tertiary/aromatic N) is 1. The van der Waals surface area contributed by atoms with E-state index in [-0.39, 0.29) is 0 Å². The summed E-state index contributed by atoms with van der Waals surface area (Å²) < 4.78 is 12.5. The number of ether oxygens (including phenoxy) is 2.